The van der Waals surface area contributed by atoms with Gasteiger partial charge in [-0.2, -0.15) is 0 Å². The molecule has 4 bridgehead atoms. The van der Waals surface area contributed by atoms with Crippen LogP contribution in [0.25, 0.3) is 6.08 Å². The van der Waals surface area contributed by atoms with Crippen LogP contribution in [-0.2, 0) is 57.2 Å². The molecule has 270 valence electrons. The lowest BCUT2D eigenvalue weighted by molar-refractivity contribution is -0.295. The van der Waals surface area contributed by atoms with Crippen molar-refractivity contribution in [1.29, 1.82) is 0 Å². The summed E-state index contributed by atoms with van der Waals surface area (Å²) in [6.45, 7) is 13.3. The standard InChI is InChI=1S/C37H44O13/c1-19-26(50-29(43)15-14-24-12-10-9-11-13-24)17-28(46-20(2)38)35(7)30(19)31(47-21(3)39)25-16-27(42)36(8)37(44,34(25,6)18-45-36)33(49-23(5)41)32(35)48-22(4)40/h9-15,25-26,28,30-33,44H,1,16-18H2,2-8H3/b15-14+. The highest BCUT2D eigenvalue weighted by molar-refractivity contribution is 5.91. The Labute approximate surface area is 290 Å². The van der Waals surface area contributed by atoms with Gasteiger partial charge in [-0.1, -0.05) is 50.8 Å². The summed E-state index contributed by atoms with van der Waals surface area (Å²) < 4.78 is 35.9. The molecule has 1 aromatic rings. The van der Waals surface area contributed by atoms with Crippen molar-refractivity contribution in [1.82, 2.24) is 0 Å². The molecule has 0 spiro atoms. The average molecular weight is 697 g/mol. The van der Waals surface area contributed by atoms with Crippen LogP contribution in [0.15, 0.2) is 48.6 Å². The molecule has 4 fully saturated rings. The van der Waals surface area contributed by atoms with E-state index in [0.717, 1.165) is 19.4 Å². The summed E-state index contributed by atoms with van der Waals surface area (Å²) in [6, 6.07) is 9.03. The maximum atomic E-state index is 14.1. The highest BCUT2D eigenvalue weighted by Crippen LogP contribution is 2.67. The summed E-state index contributed by atoms with van der Waals surface area (Å²) in [4.78, 5) is 78.9. The number of hydrogen-bond acceptors (Lipinski definition) is 13. The molecule has 0 aromatic heterocycles. The number of esters is 5. The van der Waals surface area contributed by atoms with Crippen molar-refractivity contribution in [3.05, 3.63) is 54.1 Å². The van der Waals surface area contributed by atoms with Gasteiger partial charge in [0.2, 0.25) is 0 Å². The largest absolute Gasteiger partial charge is 0.462 e. The molecule has 1 heterocycles. The summed E-state index contributed by atoms with van der Waals surface area (Å²) in [6.07, 6.45) is -4.76. The second-order valence-electron chi connectivity index (χ2n) is 14.3. The minimum absolute atomic E-state index is 0.194. The zero-order valence-electron chi connectivity index (χ0n) is 29.3. The molecule has 50 heavy (non-hydrogen) atoms. The Kier molecular flexibility index (Phi) is 9.65. The Hall–Kier alpha value is -4.36. The van der Waals surface area contributed by atoms with Crippen molar-refractivity contribution in [3.63, 3.8) is 0 Å². The van der Waals surface area contributed by atoms with Crippen molar-refractivity contribution in [2.24, 2.45) is 22.7 Å². The molecule has 11 atom stereocenters. The molecule has 3 saturated carbocycles. The molecular formula is C37H44O13. The fourth-order valence-electron chi connectivity index (χ4n) is 8.98. The first-order chi connectivity index (χ1) is 23.3. The third kappa shape index (κ3) is 5.73. The highest BCUT2D eigenvalue weighted by atomic mass is 16.6. The average Bonchev–Trinajstić information content (AvgIpc) is 3.17. The molecule has 1 aromatic carbocycles. The summed E-state index contributed by atoms with van der Waals surface area (Å²) in [7, 11) is 0. The van der Waals surface area contributed by atoms with Crippen LogP contribution in [0, 0.1) is 22.7 Å². The highest BCUT2D eigenvalue weighted by Gasteiger charge is 2.82. The van der Waals surface area contributed by atoms with Gasteiger partial charge in [-0.3, -0.25) is 24.0 Å². The van der Waals surface area contributed by atoms with Gasteiger partial charge in [-0.15, -0.1) is 0 Å². The molecule has 1 N–H and O–H groups in total. The molecule has 11 unspecified atom stereocenters. The predicted octanol–water partition coefficient (Wildman–Crippen LogP) is 3.05. The molecule has 13 nitrogen and oxygen atoms in total. The number of benzene rings is 1. The van der Waals surface area contributed by atoms with E-state index in [2.05, 4.69) is 6.58 Å². The number of rotatable bonds is 7. The van der Waals surface area contributed by atoms with Crippen molar-refractivity contribution in [2.45, 2.75) is 103 Å². The lowest BCUT2D eigenvalue weighted by atomic mass is 9.44. The van der Waals surface area contributed by atoms with Crippen molar-refractivity contribution < 1.29 is 62.3 Å². The first kappa shape index (κ1) is 36.9. The quantitative estimate of drug-likeness (QED) is 0.191. The van der Waals surface area contributed by atoms with E-state index in [1.54, 1.807) is 44.2 Å². The van der Waals surface area contributed by atoms with Crippen molar-refractivity contribution >= 4 is 41.7 Å². The molecule has 1 saturated heterocycles. The van der Waals surface area contributed by atoms with Crippen LogP contribution in [-0.4, -0.2) is 89.1 Å². The summed E-state index contributed by atoms with van der Waals surface area (Å²) in [5, 5.41) is 13.0. The molecule has 0 radical (unpaired) electrons. The molecule has 1 aliphatic heterocycles. The van der Waals surface area contributed by atoms with Gasteiger partial charge in [0.25, 0.3) is 0 Å². The Morgan fingerprint density at radius 1 is 0.860 bits per heavy atom. The van der Waals surface area contributed by atoms with Crippen LogP contribution >= 0.6 is 0 Å². The van der Waals surface area contributed by atoms with E-state index in [0.29, 0.717) is 0 Å². The third-order valence-electron chi connectivity index (χ3n) is 11.3. The van der Waals surface area contributed by atoms with Gasteiger partial charge in [-0.25, -0.2) is 4.79 Å². The van der Waals surface area contributed by atoms with Gasteiger partial charge in [-0.05, 0) is 24.1 Å². The first-order valence-corrected chi connectivity index (χ1v) is 16.5. The molecule has 5 rings (SSSR count). The van der Waals surface area contributed by atoms with Crippen LogP contribution in [0.4, 0.5) is 0 Å². The van der Waals surface area contributed by atoms with E-state index in [-0.39, 0.29) is 25.0 Å². The minimum atomic E-state index is -2.36. The molecule has 3 aliphatic carbocycles. The SMILES string of the molecule is C=C1C(OC(=O)/C=C/c2ccccc2)CC(OC(C)=O)C2(C)C(OC(C)=O)C(OC(C)=O)C3(O)C4(C)OCC3(C)C(CC4=O)C(OC(C)=O)C12. The molecule has 4 aliphatic rings. The van der Waals surface area contributed by atoms with E-state index in [9.17, 15) is 33.9 Å². The third-order valence-corrected chi connectivity index (χ3v) is 11.3. The van der Waals surface area contributed by atoms with Gasteiger partial charge in [0.1, 0.15) is 23.9 Å². The fraction of sp³-hybridized carbons (Fsp3) is 0.568. The zero-order valence-corrected chi connectivity index (χ0v) is 29.3. The Bertz CT molecular complexity index is 1630. The summed E-state index contributed by atoms with van der Waals surface area (Å²) in [5.74, 6) is -6.69. The monoisotopic (exact) mass is 696 g/mol. The normalized spacial score (nSPS) is 39.0. The molecular weight excluding hydrogens is 652 g/mol. The Balaban J connectivity index is 1.76. The maximum absolute atomic E-state index is 14.1. The number of Topliss-reactive ketones (excluding diaryl/α,β-unsaturated/α-hetero) is 1. The number of carbonyl (C=O) groups is 6. The van der Waals surface area contributed by atoms with Crippen LogP contribution in [0.5, 0.6) is 0 Å². The number of hydrogen-bond donors (Lipinski definition) is 1. The number of carbonyl (C=O) groups excluding carboxylic acids is 6. The lowest BCUT2D eigenvalue weighted by Crippen LogP contribution is -2.80. The summed E-state index contributed by atoms with van der Waals surface area (Å²) >= 11 is 0. The molecule has 13 heteroatoms. The fourth-order valence-corrected chi connectivity index (χ4v) is 8.98. The second kappa shape index (κ2) is 13.1. The van der Waals surface area contributed by atoms with Crippen LogP contribution in [0.2, 0.25) is 0 Å². The Morgan fingerprint density at radius 3 is 2.02 bits per heavy atom. The van der Waals surface area contributed by atoms with Crippen LogP contribution < -0.4 is 0 Å². The second-order valence-corrected chi connectivity index (χ2v) is 14.3. The van der Waals surface area contributed by atoms with Crippen LogP contribution in [0.1, 0.15) is 66.9 Å². The smallest absolute Gasteiger partial charge is 0.331 e. The minimum Gasteiger partial charge on any atom is -0.462 e. The van der Waals surface area contributed by atoms with Gasteiger partial charge in [0.05, 0.1) is 12.0 Å². The topological polar surface area (TPSA) is 178 Å². The maximum Gasteiger partial charge on any atom is 0.331 e. The van der Waals surface area contributed by atoms with E-state index < -0.39 is 100 Å². The van der Waals surface area contributed by atoms with E-state index >= 15 is 0 Å². The van der Waals surface area contributed by atoms with Gasteiger partial charge in [0.15, 0.2) is 23.6 Å². The predicted molar refractivity (Wildman–Crippen MR) is 173 cm³/mol. The first-order valence-electron chi connectivity index (χ1n) is 16.5. The van der Waals surface area contributed by atoms with Crippen molar-refractivity contribution in [3.8, 4) is 0 Å². The van der Waals surface area contributed by atoms with E-state index in [4.69, 9.17) is 28.4 Å². The van der Waals surface area contributed by atoms with Crippen molar-refractivity contribution in [2.75, 3.05) is 6.61 Å². The number of ether oxygens (including phenoxy) is 6. The van der Waals surface area contributed by atoms with E-state index in [1.165, 1.54) is 26.8 Å². The number of fused-ring (bicyclic) bond motifs is 1. The number of ketones is 1. The number of aliphatic hydroxyl groups is 1. The van der Waals surface area contributed by atoms with Gasteiger partial charge < -0.3 is 33.5 Å². The van der Waals surface area contributed by atoms with E-state index in [1.807, 2.05) is 6.07 Å². The zero-order chi connectivity index (χ0) is 37.0. The molecule has 0 amide bonds. The van der Waals surface area contributed by atoms with Crippen LogP contribution in [0.3, 0.4) is 0 Å². The summed E-state index contributed by atoms with van der Waals surface area (Å²) in [5.41, 5.74) is -6.51. The lowest BCUT2D eigenvalue weighted by Gasteiger charge is -2.64. The Morgan fingerprint density at radius 2 is 1.44 bits per heavy atom. The van der Waals surface area contributed by atoms with Gasteiger partial charge >= 0.3 is 29.8 Å². The van der Waals surface area contributed by atoms with Gasteiger partial charge in [0, 0.05) is 63.9 Å².